The molecule has 1 saturated carbocycles. The molecule has 0 unspecified atom stereocenters. The Balaban J connectivity index is 1.34. The molecule has 1 amide bonds. The third kappa shape index (κ3) is 5.01. The van der Waals surface area contributed by atoms with Crippen LogP contribution < -0.4 is 4.74 Å². The van der Waals surface area contributed by atoms with E-state index in [0.717, 1.165) is 11.1 Å². The molecule has 0 aromatic heterocycles. The van der Waals surface area contributed by atoms with Gasteiger partial charge < -0.3 is 14.7 Å². The molecule has 3 aromatic rings. The third-order valence-electron chi connectivity index (χ3n) is 9.84. The number of carboxylic acid groups (broad SMARTS) is 1. The van der Waals surface area contributed by atoms with Crippen LogP contribution in [0.1, 0.15) is 60.8 Å². The summed E-state index contributed by atoms with van der Waals surface area (Å²) in [7, 11) is -3.93. The average molecular weight is 606 g/mol. The Bertz CT molecular complexity index is 1630. The van der Waals surface area contributed by atoms with Crippen molar-refractivity contribution in [1.82, 2.24) is 4.90 Å². The highest BCUT2D eigenvalue weighted by molar-refractivity contribution is 7.92. The van der Waals surface area contributed by atoms with Gasteiger partial charge in [-0.1, -0.05) is 36.4 Å². The molecule has 9 heteroatoms. The molecule has 3 aliphatic rings. The first-order chi connectivity index (χ1) is 20.6. The Morgan fingerprint density at radius 2 is 1.70 bits per heavy atom. The van der Waals surface area contributed by atoms with Crippen LogP contribution >= 0.6 is 0 Å². The van der Waals surface area contributed by atoms with Crippen LogP contribution in [0.3, 0.4) is 0 Å². The molecule has 0 spiro atoms. The lowest BCUT2D eigenvalue weighted by molar-refractivity contribution is -0.146. The van der Waals surface area contributed by atoms with Gasteiger partial charge in [-0.05, 0) is 98.9 Å². The number of nitrogens with zero attached hydrogens (tertiary/aromatic N) is 1. The van der Waals surface area contributed by atoms with Gasteiger partial charge in [0.1, 0.15) is 22.9 Å². The molecule has 1 saturated heterocycles. The van der Waals surface area contributed by atoms with Gasteiger partial charge in [-0.3, -0.25) is 9.59 Å². The maximum absolute atomic E-state index is 14.6. The van der Waals surface area contributed by atoms with Gasteiger partial charge in [0, 0.05) is 18.0 Å². The van der Waals surface area contributed by atoms with E-state index in [-0.39, 0.29) is 35.6 Å². The third-order valence-corrected chi connectivity index (χ3v) is 12.4. The quantitative estimate of drug-likeness (QED) is 0.364. The lowest BCUT2D eigenvalue weighted by Gasteiger charge is -2.43. The molecule has 1 N–H and O–H groups in total. The molecule has 0 radical (unpaired) electrons. The molecule has 2 atom stereocenters. The number of halogens is 1. The highest BCUT2D eigenvalue weighted by atomic mass is 32.2. The van der Waals surface area contributed by atoms with Crippen LogP contribution in [-0.2, 0) is 37.2 Å². The molecule has 3 aromatic carbocycles. The van der Waals surface area contributed by atoms with Gasteiger partial charge in [-0.15, -0.1) is 0 Å². The summed E-state index contributed by atoms with van der Waals surface area (Å²) in [5.41, 5.74) is 2.81. The number of ether oxygens (including phenoxy) is 1. The van der Waals surface area contributed by atoms with Crippen molar-refractivity contribution >= 4 is 21.7 Å². The van der Waals surface area contributed by atoms with Crippen LogP contribution in [0, 0.1) is 24.6 Å². The predicted octanol–water partition coefficient (Wildman–Crippen LogP) is 5.82. The minimum Gasteiger partial charge on any atom is -0.489 e. The first-order valence-corrected chi connectivity index (χ1v) is 16.4. The minimum absolute atomic E-state index is 0.0553. The average Bonchev–Trinajstić information content (AvgIpc) is 3.42. The molecule has 0 bridgehead atoms. The molecular formula is C34H36FNO6S. The van der Waals surface area contributed by atoms with Crippen LogP contribution in [0.5, 0.6) is 5.75 Å². The fraction of sp³-hybridized carbons (Fsp3) is 0.412. The second-order valence-electron chi connectivity index (χ2n) is 12.1. The van der Waals surface area contributed by atoms with Crippen molar-refractivity contribution in [2.75, 3.05) is 6.54 Å². The topological polar surface area (TPSA) is 101 Å². The summed E-state index contributed by atoms with van der Waals surface area (Å²) in [5.74, 6) is -1.42. The number of benzene rings is 3. The summed E-state index contributed by atoms with van der Waals surface area (Å²) in [5, 5.41) is 9.40. The van der Waals surface area contributed by atoms with Gasteiger partial charge in [-0.25, -0.2) is 12.8 Å². The van der Waals surface area contributed by atoms with E-state index in [9.17, 15) is 27.5 Å². The van der Waals surface area contributed by atoms with Gasteiger partial charge in [0.15, 0.2) is 9.84 Å². The van der Waals surface area contributed by atoms with Gasteiger partial charge in [-0.2, -0.15) is 0 Å². The number of aliphatic carboxylic acids is 1. The Kier molecular flexibility index (Phi) is 7.79. The molecule has 226 valence electrons. The highest BCUT2D eigenvalue weighted by Crippen LogP contribution is 2.53. The molecule has 1 aliphatic heterocycles. The molecule has 1 heterocycles. The van der Waals surface area contributed by atoms with E-state index in [0.29, 0.717) is 61.9 Å². The van der Waals surface area contributed by atoms with Crippen molar-refractivity contribution in [3.05, 3.63) is 94.8 Å². The van der Waals surface area contributed by atoms with Crippen molar-refractivity contribution in [3.63, 3.8) is 0 Å². The predicted molar refractivity (Wildman–Crippen MR) is 159 cm³/mol. The van der Waals surface area contributed by atoms with Crippen molar-refractivity contribution < 1.29 is 32.2 Å². The summed E-state index contributed by atoms with van der Waals surface area (Å²) < 4.78 is 48.3. The zero-order valence-corrected chi connectivity index (χ0v) is 25.0. The van der Waals surface area contributed by atoms with Crippen LogP contribution in [0.25, 0.3) is 0 Å². The number of sulfone groups is 1. The SMILES string of the molecule is Cc1cccc(F)c1COc1ccc2c(c1)CC[C@H]1N(C(=O)C3CCC(C(=O)O)CC3)CC[C@@]21S(=O)(=O)c1ccccc1. The second-order valence-corrected chi connectivity index (χ2v) is 14.3. The van der Waals surface area contributed by atoms with E-state index in [4.69, 9.17) is 4.74 Å². The van der Waals surface area contributed by atoms with Crippen LogP contribution in [0.2, 0.25) is 0 Å². The molecule has 7 nitrogen and oxygen atoms in total. The minimum atomic E-state index is -3.93. The van der Waals surface area contributed by atoms with Crippen LogP contribution in [0.4, 0.5) is 4.39 Å². The molecule has 2 aliphatic carbocycles. The normalized spacial score (nSPS) is 25.1. The second kappa shape index (κ2) is 11.4. The maximum Gasteiger partial charge on any atom is 0.306 e. The molecule has 2 fully saturated rings. The van der Waals surface area contributed by atoms with E-state index in [1.807, 2.05) is 25.1 Å². The fourth-order valence-corrected chi connectivity index (χ4v) is 9.88. The van der Waals surface area contributed by atoms with E-state index in [2.05, 4.69) is 0 Å². The highest BCUT2D eigenvalue weighted by Gasteiger charge is 2.61. The smallest absolute Gasteiger partial charge is 0.306 e. The number of amides is 1. The summed E-state index contributed by atoms with van der Waals surface area (Å²) in [6.45, 7) is 2.20. The van der Waals surface area contributed by atoms with Crippen LogP contribution in [0.15, 0.2) is 71.6 Å². The summed E-state index contributed by atoms with van der Waals surface area (Å²) >= 11 is 0. The maximum atomic E-state index is 14.6. The van der Waals surface area contributed by atoms with Crippen molar-refractivity contribution in [3.8, 4) is 5.75 Å². The van der Waals surface area contributed by atoms with Crippen molar-refractivity contribution in [2.24, 2.45) is 11.8 Å². The van der Waals surface area contributed by atoms with Crippen molar-refractivity contribution in [2.45, 2.75) is 74.2 Å². The Labute approximate surface area is 251 Å². The van der Waals surface area contributed by atoms with Gasteiger partial charge >= 0.3 is 5.97 Å². The number of likely N-dealkylation sites (tertiary alicyclic amines) is 1. The van der Waals surface area contributed by atoms with E-state index < -0.39 is 32.5 Å². The van der Waals surface area contributed by atoms with Crippen molar-refractivity contribution in [1.29, 1.82) is 0 Å². The summed E-state index contributed by atoms with van der Waals surface area (Å²) in [4.78, 5) is 27.4. The number of hydrogen-bond acceptors (Lipinski definition) is 5. The standard InChI is InChI=1S/C34H36FNO6S/c1-22-6-5-9-30(35)28(22)21-42-26-15-16-29-25(20-26)14-17-31-34(29,43(40,41)27-7-3-2-4-8-27)18-19-36(31)32(37)23-10-12-24(13-11-23)33(38)39/h2-9,15-16,20,23-24,31H,10-14,17-19,21H2,1H3,(H,38,39)/t23?,24?,31-,34-/m1/s1. The Hall–Kier alpha value is -3.72. The lowest BCUT2D eigenvalue weighted by atomic mass is 9.77. The first kappa shape index (κ1) is 29.4. The molecule has 6 rings (SSSR count). The first-order valence-electron chi connectivity index (χ1n) is 15.0. The van der Waals surface area contributed by atoms with E-state index in [1.165, 1.54) is 6.07 Å². The van der Waals surface area contributed by atoms with E-state index >= 15 is 0 Å². The van der Waals surface area contributed by atoms with Gasteiger partial charge in [0.05, 0.1) is 16.9 Å². The molecule has 43 heavy (non-hydrogen) atoms. The number of rotatable bonds is 7. The fourth-order valence-electron chi connectivity index (χ4n) is 7.49. The van der Waals surface area contributed by atoms with Gasteiger partial charge in [0.25, 0.3) is 0 Å². The zero-order valence-electron chi connectivity index (χ0n) is 24.2. The number of carbonyl (C=O) groups is 2. The largest absolute Gasteiger partial charge is 0.489 e. The number of carbonyl (C=O) groups excluding carboxylic acids is 1. The number of hydrogen-bond donors (Lipinski definition) is 1. The zero-order chi connectivity index (χ0) is 30.4. The number of carboxylic acids is 1. The molecular weight excluding hydrogens is 569 g/mol. The van der Waals surface area contributed by atoms with E-state index in [1.54, 1.807) is 47.4 Å². The number of fused-ring (bicyclic) bond motifs is 3. The lowest BCUT2D eigenvalue weighted by Crippen LogP contribution is -2.53. The Morgan fingerprint density at radius 1 is 0.977 bits per heavy atom. The van der Waals surface area contributed by atoms with Crippen LogP contribution in [-0.4, -0.2) is 42.9 Å². The monoisotopic (exact) mass is 605 g/mol. The summed E-state index contributed by atoms with van der Waals surface area (Å²) in [6.07, 6.45) is 3.22. The Morgan fingerprint density at radius 3 is 2.40 bits per heavy atom. The van der Waals surface area contributed by atoms with Gasteiger partial charge in [0.2, 0.25) is 5.91 Å². The number of aryl methyl sites for hydroxylation is 2. The summed E-state index contributed by atoms with van der Waals surface area (Å²) in [6, 6.07) is 18.2.